The molecular formula is C12H21ClN4O3S. The molecule has 7 nitrogen and oxygen atoms in total. The van der Waals surface area contributed by atoms with E-state index in [2.05, 4.69) is 5.43 Å². The molecule has 2 aliphatic rings. The normalized spacial score (nSPS) is 22.9. The fourth-order valence-corrected chi connectivity index (χ4v) is 3.93. The highest BCUT2D eigenvalue weighted by Crippen LogP contribution is 2.22. The van der Waals surface area contributed by atoms with E-state index in [1.165, 1.54) is 4.31 Å². The highest BCUT2D eigenvalue weighted by atomic mass is 35.5. The highest BCUT2D eigenvalue weighted by molar-refractivity contribution is 7.89. The zero-order chi connectivity index (χ0) is 15.8. The molecule has 0 atom stereocenters. The van der Waals surface area contributed by atoms with E-state index in [1.807, 2.05) is 4.90 Å². The Morgan fingerprint density at radius 3 is 2.29 bits per heavy atom. The van der Waals surface area contributed by atoms with Crippen molar-refractivity contribution >= 4 is 27.5 Å². The molecule has 0 aromatic carbocycles. The van der Waals surface area contributed by atoms with Crippen molar-refractivity contribution in [3.05, 3.63) is 10.7 Å². The third kappa shape index (κ3) is 3.33. The summed E-state index contributed by atoms with van der Waals surface area (Å²) in [6.07, 6.45) is 0. The standard InChI is InChI=1S/C12H21ClN4O3S/c1-9(2)21(19,20)17-6-4-16(5-7-17)10-8-15(3)14-12(18)11(10)13/h9H,4-8H2,1-3H3,(H,14,18). The lowest BCUT2D eigenvalue weighted by molar-refractivity contribution is -0.122. The predicted octanol–water partition coefficient (Wildman–Crippen LogP) is -0.231. The van der Waals surface area contributed by atoms with Crippen molar-refractivity contribution in [3.8, 4) is 0 Å². The van der Waals surface area contributed by atoms with E-state index < -0.39 is 15.3 Å². The van der Waals surface area contributed by atoms with Crippen molar-refractivity contribution < 1.29 is 13.2 Å². The number of hydrogen-bond donors (Lipinski definition) is 1. The Labute approximate surface area is 130 Å². The van der Waals surface area contributed by atoms with Crippen LogP contribution in [0.3, 0.4) is 0 Å². The van der Waals surface area contributed by atoms with Crippen LogP contribution in [0.4, 0.5) is 0 Å². The molecule has 0 bridgehead atoms. The number of nitrogens with zero attached hydrogens (tertiary/aromatic N) is 3. The molecule has 1 saturated heterocycles. The minimum atomic E-state index is -3.22. The van der Waals surface area contributed by atoms with Gasteiger partial charge in [0.25, 0.3) is 5.91 Å². The van der Waals surface area contributed by atoms with Gasteiger partial charge in [-0.1, -0.05) is 11.6 Å². The molecule has 2 aliphatic heterocycles. The molecule has 0 radical (unpaired) electrons. The number of amides is 1. The van der Waals surface area contributed by atoms with E-state index in [0.717, 1.165) is 5.70 Å². The van der Waals surface area contributed by atoms with Crippen LogP contribution in [0.5, 0.6) is 0 Å². The number of carbonyl (C=O) groups is 1. The Kier molecular flexibility index (Phi) is 4.82. The molecule has 120 valence electrons. The van der Waals surface area contributed by atoms with E-state index in [0.29, 0.717) is 32.7 Å². The van der Waals surface area contributed by atoms with Gasteiger partial charge in [0.05, 0.1) is 17.5 Å². The zero-order valence-electron chi connectivity index (χ0n) is 12.5. The molecular weight excluding hydrogens is 316 g/mol. The van der Waals surface area contributed by atoms with Crippen LogP contribution in [0.1, 0.15) is 13.8 Å². The number of carbonyl (C=O) groups excluding carboxylic acids is 1. The lowest BCUT2D eigenvalue weighted by atomic mass is 10.2. The number of likely N-dealkylation sites (N-methyl/N-ethyl adjacent to an activating group) is 1. The third-order valence-corrected chi connectivity index (χ3v) is 6.37. The maximum atomic E-state index is 12.1. The largest absolute Gasteiger partial charge is 0.370 e. The first-order valence-corrected chi connectivity index (χ1v) is 8.76. The third-order valence-electron chi connectivity index (χ3n) is 3.71. The molecule has 1 amide bonds. The molecule has 0 spiro atoms. The van der Waals surface area contributed by atoms with Gasteiger partial charge >= 0.3 is 0 Å². The first-order chi connectivity index (χ1) is 9.73. The molecule has 2 rings (SSSR count). The van der Waals surface area contributed by atoms with Crippen molar-refractivity contribution in [1.82, 2.24) is 19.6 Å². The molecule has 0 aliphatic carbocycles. The fraction of sp³-hybridized carbons (Fsp3) is 0.750. The van der Waals surface area contributed by atoms with Gasteiger partial charge < -0.3 is 4.90 Å². The summed E-state index contributed by atoms with van der Waals surface area (Å²) >= 11 is 6.08. The van der Waals surface area contributed by atoms with Gasteiger partial charge in [-0.05, 0) is 13.8 Å². The first-order valence-electron chi connectivity index (χ1n) is 6.88. The van der Waals surface area contributed by atoms with E-state index in [9.17, 15) is 13.2 Å². The van der Waals surface area contributed by atoms with Gasteiger partial charge in [0.15, 0.2) is 0 Å². The number of hydrogen-bond acceptors (Lipinski definition) is 5. The van der Waals surface area contributed by atoms with Crippen molar-refractivity contribution in [1.29, 1.82) is 0 Å². The Morgan fingerprint density at radius 2 is 1.76 bits per heavy atom. The van der Waals surface area contributed by atoms with E-state index in [4.69, 9.17) is 11.6 Å². The molecule has 21 heavy (non-hydrogen) atoms. The van der Waals surface area contributed by atoms with Gasteiger partial charge in [-0.15, -0.1) is 0 Å². The zero-order valence-corrected chi connectivity index (χ0v) is 14.0. The van der Waals surface area contributed by atoms with E-state index >= 15 is 0 Å². The molecule has 0 saturated carbocycles. The van der Waals surface area contributed by atoms with Crippen molar-refractivity contribution in [2.75, 3.05) is 39.8 Å². The van der Waals surface area contributed by atoms with E-state index in [-0.39, 0.29) is 10.9 Å². The Balaban J connectivity index is 2.08. The second-order valence-electron chi connectivity index (χ2n) is 5.54. The predicted molar refractivity (Wildman–Crippen MR) is 80.9 cm³/mol. The minimum absolute atomic E-state index is 0.188. The van der Waals surface area contributed by atoms with Crippen LogP contribution in [0.15, 0.2) is 10.7 Å². The van der Waals surface area contributed by atoms with Gasteiger partial charge in [-0.25, -0.2) is 13.4 Å². The number of nitrogens with one attached hydrogen (secondary N) is 1. The summed E-state index contributed by atoms with van der Waals surface area (Å²) < 4.78 is 25.8. The molecule has 0 aromatic heterocycles. The maximum absolute atomic E-state index is 12.1. The fourth-order valence-electron chi connectivity index (χ4n) is 2.44. The molecule has 0 aromatic rings. The average molecular weight is 337 g/mol. The average Bonchev–Trinajstić information content (AvgIpc) is 2.42. The van der Waals surface area contributed by atoms with Crippen LogP contribution in [0.25, 0.3) is 0 Å². The lowest BCUT2D eigenvalue weighted by Gasteiger charge is -2.39. The SMILES string of the molecule is CC(C)S(=O)(=O)N1CCN(C2=C(Cl)C(=O)NN(C)C2)CC1. The number of rotatable bonds is 3. The van der Waals surface area contributed by atoms with Crippen LogP contribution >= 0.6 is 11.6 Å². The van der Waals surface area contributed by atoms with Crippen LogP contribution in [-0.2, 0) is 14.8 Å². The summed E-state index contributed by atoms with van der Waals surface area (Å²) in [4.78, 5) is 13.7. The lowest BCUT2D eigenvalue weighted by Crippen LogP contribution is -2.54. The number of hydrazine groups is 1. The highest BCUT2D eigenvalue weighted by Gasteiger charge is 2.32. The monoisotopic (exact) mass is 336 g/mol. The van der Waals surface area contributed by atoms with Gasteiger partial charge in [-0.2, -0.15) is 4.31 Å². The first kappa shape index (κ1) is 16.5. The second kappa shape index (κ2) is 6.12. The van der Waals surface area contributed by atoms with Crippen LogP contribution in [0.2, 0.25) is 0 Å². The summed E-state index contributed by atoms with van der Waals surface area (Å²) in [7, 11) is -1.46. The smallest absolute Gasteiger partial charge is 0.278 e. The molecule has 2 heterocycles. The van der Waals surface area contributed by atoms with Gasteiger partial charge in [-0.3, -0.25) is 10.2 Å². The van der Waals surface area contributed by atoms with Gasteiger partial charge in [0, 0.05) is 33.2 Å². The summed E-state index contributed by atoms with van der Waals surface area (Å²) in [5.74, 6) is -0.322. The number of piperazine rings is 1. The van der Waals surface area contributed by atoms with Crippen molar-refractivity contribution in [2.24, 2.45) is 0 Å². The summed E-state index contributed by atoms with van der Waals surface area (Å²) in [5, 5.41) is 1.44. The van der Waals surface area contributed by atoms with Gasteiger partial charge in [0.2, 0.25) is 10.0 Å². The maximum Gasteiger partial charge on any atom is 0.278 e. The molecule has 0 unspecified atom stereocenters. The quantitative estimate of drug-likeness (QED) is 0.770. The number of sulfonamides is 1. The molecule has 1 N–H and O–H groups in total. The summed E-state index contributed by atoms with van der Waals surface area (Å²) in [6, 6.07) is 0. The minimum Gasteiger partial charge on any atom is -0.370 e. The topological polar surface area (TPSA) is 73.0 Å². The Bertz CT molecular complexity index is 553. The Morgan fingerprint density at radius 1 is 1.19 bits per heavy atom. The van der Waals surface area contributed by atoms with Crippen LogP contribution < -0.4 is 5.43 Å². The van der Waals surface area contributed by atoms with Crippen molar-refractivity contribution in [2.45, 2.75) is 19.1 Å². The van der Waals surface area contributed by atoms with Crippen molar-refractivity contribution in [3.63, 3.8) is 0 Å². The second-order valence-corrected chi connectivity index (χ2v) is 8.40. The van der Waals surface area contributed by atoms with Gasteiger partial charge in [0.1, 0.15) is 5.03 Å². The van der Waals surface area contributed by atoms with Crippen LogP contribution in [0, 0.1) is 0 Å². The summed E-state index contributed by atoms with van der Waals surface area (Å²) in [6.45, 7) is 5.79. The molecule has 9 heteroatoms. The Hall–Kier alpha value is -0.830. The number of halogens is 1. The molecule has 1 fully saturated rings. The summed E-state index contributed by atoms with van der Waals surface area (Å²) in [5.41, 5.74) is 3.37. The van der Waals surface area contributed by atoms with E-state index in [1.54, 1.807) is 25.9 Å². The van der Waals surface area contributed by atoms with Crippen LogP contribution in [-0.4, -0.2) is 73.6 Å².